The first-order valence-corrected chi connectivity index (χ1v) is 9.46. The van der Waals surface area contributed by atoms with E-state index < -0.39 is 0 Å². The van der Waals surface area contributed by atoms with Crippen molar-refractivity contribution in [1.29, 1.82) is 0 Å². The summed E-state index contributed by atoms with van der Waals surface area (Å²) in [5, 5.41) is 3.38. The summed E-state index contributed by atoms with van der Waals surface area (Å²) in [5.74, 6) is 3.34. The molecule has 0 saturated carbocycles. The minimum absolute atomic E-state index is 0.448. The van der Waals surface area contributed by atoms with Crippen LogP contribution in [0.25, 0.3) is 0 Å². The number of nitrogens with one attached hydrogen (secondary N) is 1. The maximum absolute atomic E-state index is 5.64. The summed E-state index contributed by atoms with van der Waals surface area (Å²) in [6.07, 6.45) is 0. The Kier molecular flexibility index (Phi) is 6.21. The minimum atomic E-state index is 0.448. The molecular weight excluding hydrogens is 342 g/mol. The lowest BCUT2D eigenvalue weighted by Gasteiger charge is -2.38. The number of piperazine rings is 1. The Morgan fingerprint density at radius 3 is 2.59 bits per heavy atom. The van der Waals surface area contributed by atoms with Gasteiger partial charge in [0.2, 0.25) is 5.89 Å². The third-order valence-electron chi connectivity index (χ3n) is 4.78. The molecular formula is C20H29N5O2. The molecule has 1 aromatic heterocycles. The molecule has 2 aromatic rings. The van der Waals surface area contributed by atoms with Gasteiger partial charge in [0, 0.05) is 32.7 Å². The molecule has 7 nitrogen and oxygen atoms in total. The van der Waals surface area contributed by atoms with Crippen molar-refractivity contribution in [2.75, 3.05) is 44.7 Å². The number of aliphatic imine (C=N–C) groups is 1. The molecule has 3 rings (SSSR count). The normalized spacial score (nSPS) is 15.2. The van der Waals surface area contributed by atoms with E-state index in [0.29, 0.717) is 12.4 Å². The quantitative estimate of drug-likeness (QED) is 0.644. The zero-order valence-electron chi connectivity index (χ0n) is 16.7. The lowest BCUT2D eigenvalue weighted by Crippen LogP contribution is -2.52. The smallest absolute Gasteiger partial charge is 0.216 e. The van der Waals surface area contributed by atoms with Crippen LogP contribution in [0.4, 0.5) is 5.69 Å². The van der Waals surface area contributed by atoms with Gasteiger partial charge in [-0.3, -0.25) is 0 Å². The van der Waals surface area contributed by atoms with Crippen LogP contribution in [-0.4, -0.2) is 55.7 Å². The highest BCUT2D eigenvalue weighted by molar-refractivity contribution is 5.80. The molecule has 1 fully saturated rings. The second-order valence-corrected chi connectivity index (χ2v) is 6.57. The number of methoxy groups -OCH3 is 1. The second-order valence-electron chi connectivity index (χ2n) is 6.57. The van der Waals surface area contributed by atoms with Gasteiger partial charge in [0.25, 0.3) is 0 Å². The molecule has 1 aromatic carbocycles. The SMILES string of the molecule is CCNC(=NCc1nc(C)c(C)o1)N1CCN(c2ccccc2OC)CC1. The Bertz CT molecular complexity index is 759. The molecule has 27 heavy (non-hydrogen) atoms. The van der Waals surface area contributed by atoms with Gasteiger partial charge in [0.15, 0.2) is 5.96 Å². The zero-order valence-corrected chi connectivity index (χ0v) is 16.7. The summed E-state index contributed by atoms with van der Waals surface area (Å²) in [6.45, 7) is 10.9. The molecule has 1 aliphatic heterocycles. The molecule has 0 amide bonds. The summed E-state index contributed by atoms with van der Waals surface area (Å²) >= 11 is 0. The van der Waals surface area contributed by atoms with Crippen LogP contribution >= 0.6 is 0 Å². The number of anilines is 1. The van der Waals surface area contributed by atoms with Gasteiger partial charge >= 0.3 is 0 Å². The van der Waals surface area contributed by atoms with Crippen LogP contribution in [0.2, 0.25) is 0 Å². The average Bonchev–Trinajstić information content (AvgIpc) is 3.03. The van der Waals surface area contributed by atoms with Gasteiger partial charge in [-0.25, -0.2) is 9.98 Å². The van der Waals surface area contributed by atoms with Gasteiger partial charge in [-0.05, 0) is 32.9 Å². The highest BCUT2D eigenvalue weighted by Crippen LogP contribution is 2.28. The van der Waals surface area contributed by atoms with E-state index in [-0.39, 0.29) is 0 Å². The van der Waals surface area contributed by atoms with Crippen molar-refractivity contribution < 1.29 is 9.15 Å². The molecule has 2 heterocycles. The van der Waals surface area contributed by atoms with E-state index in [1.165, 1.54) is 0 Å². The summed E-state index contributed by atoms with van der Waals surface area (Å²) < 4.78 is 11.1. The number of hydrogen-bond donors (Lipinski definition) is 1. The lowest BCUT2D eigenvalue weighted by atomic mass is 10.2. The Morgan fingerprint density at radius 2 is 1.96 bits per heavy atom. The third kappa shape index (κ3) is 4.53. The van der Waals surface area contributed by atoms with Gasteiger partial charge in [-0.15, -0.1) is 0 Å². The number of para-hydroxylation sites is 2. The number of ether oxygens (including phenoxy) is 1. The van der Waals surface area contributed by atoms with E-state index in [9.17, 15) is 0 Å². The molecule has 0 spiro atoms. The van der Waals surface area contributed by atoms with E-state index in [2.05, 4.69) is 39.2 Å². The van der Waals surface area contributed by atoms with Crippen LogP contribution in [0.15, 0.2) is 33.7 Å². The van der Waals surface area contributed by atoms with E-state index in [1.807, 2.05) is 26.0 Å². The maximum Gasteiger partial charge on any atom is 0.216 e. The molecule has 0 radical (unpaired) electrons. The minimum Gasteiger partial charge on any atom is -0.495 e. The predicted molar refractivity (Wildman–Crippen MR) is 108 cm³/mol. The summed E-state index contributed by atoms with van der Waals surface area (Å²) in [5.41, 5.74) is 2.07. The maximum atomic E-state index is 5.64. The van der Waals surface area contributed by atoms with Crippen LogP contribution < -0.4 is 15.0 Å². The van der Waals surface area contributed by atoms with Crippen molar-refractivity contribution in [3.05, 3.63) is 41.6 Å². The van der Waals surface area contributed by atoms with Crippen molar-refractivity contribution >= 4 is 11.6 Å². The van der Waals surface area contributed by atoms with Crippen molar-refractivity contribution in [2.24, 2.45) is 4.99 Å². The van der Waals surface area contributed by atoms with Crippen molar-refractivity contribution in [2.45, 2.75) is 27.3 Å². The first-order valence-electron chi connectivity index (χ1n) is 9.46. The fourth-order valence-corrected chi connectivity index (χ4v) is 3.23. The number of benzene rings is 1. The van der Waals surface area contributed by atoms with Crippen LogP contribution in [-0.2, 0) is 6.54 Å². The summed E-state index contributed by atoms with van der Waals surface area (Å²) in [7, 11) is 1.72. The van der Waals surface area contributed by atoms with Crippen LogP contribution in [0.1, 0.15) is 24.3 Å². The van der Waals surface area contributed by atoms with Crippen LogP contribution in [0.5, 0.6) is 5.75 Å². The standard InChI is InChI=1S/C20H29N5O2/c1-5-21-20(22-14-19-23-15(2)16(3)27-19)25-12-10-24(11-13-25)17-8-6-7-9-18(17)26-4/h6-9H,5,10-14H2,1-4H3,(H,21,22). The van der Waals surface area contributed by atoms with Gasteiger partial charge in [-0.2, -0.15) is 0 Å². The monoisotopic (exact) mass is 371 g/mol. The molecule has 1 aliphatic rings. The highest BCUT2D eigenvalue weighted by atomic mass is 16.5. The van der Waals surface area contributed by atoms with Crippen molar-refractivity contribution in [3.63, 3.8) is 0 Å². The molecule has 0 unspecified atom stereocenters. The predicted octanol–water partition coefficient (Wildman–Crippen LogP) is 2.59. The lowest BCUT2D eigenvalue weighted by molar-refractivity contribution is 0.366. The first-order chi connectivity index (χ1) is 13.1. The van der Waals surface area contributed by atoms with E-state index in [4.69, 9.17) is 14.1 Å². The van der Waals surface area contributed by atoms with Crippen LogP contribution in [0.3, 0.4) is 0 Å². The highest BCUT2D eigenvalue weighted by Gasteiger charge is 2.21. The number of aryl methyl sites for hydroxylation is 2. The molecule has 0 aliphatic carbocycles. The summed E-state index contributed by atoms with van der Waals surface area (Å²) in [6, 6.07) is 8.17. The van der Waals surface area contributed by atoms with Gasteiger partial charge in [-0.1, -0.05) is 12.1 Å². The fourth-order valence-electron chi connectivity index (χ4n) is 3.23. The molecule has 146 valence electrons. The second kappa shape index (κ2) is 8.79. The number of hydrogen-bond acceptors (Lipinski definition) is 5. The van der Waals surface area contributed by atoms with Crippen molar-refractivity contribution in [1.82, 2.24) is 15.2 Å². The number of oxazole rings is 1. The fraction of sp³-hybridized carbons (Fsp3) is 0.500. The van der Waals surface area contributed by atoms with Gasteiger partial charge in [0.1, 0.15) is 18.1 Å². The third-order valence-corrected chi connectivity index (χ3v) is 4.78. The van der Waals surface area contributed by atoms with E-state index >= 15 is 0 Å². The number of aromatic nitrogens is 1. The molecule has 7 heteroatoms. The Labute approximate surface area is 161 Å². The Hall–Kier alpha value is -2.70. The van der Waals surface area contributed by atoms with Gasteiger partial charge < -0.3 is 24.3 Å². The van der Waals surface area contributed by atoms with Gasteiger partial charge in [0.05, 0.1) is 18.5 Å². The van der Waals surface area contributed by atoms with Crippen molar-refractivity contribution in [3.8, 4) is 5.75 Å². The average molecular weight is 371 g/mol. The van der Waals surface area contributed by atoms with Crippen LogP contribution in [0, 0.1) is 13.8 Å². The molecule has 0 bridgehead atoms. The number of rotatable bonds is 5. The number of guanidine groups is 1. The largest absolute Gasteiger partial charge is 0.495 e. The first kappa shape index (κ1) is 19.1. The molecule has 1 saturated heterocycles. The molecule has 0 atom stereocenters. The van der Waals surface area contributed by atoms with E-state index in [1.54, 1.807) is 7.11 Å². The summed E-state index contributed by atoms with van der Waals surface area (Å²) in [4.78, 5) is 13.8. The Morgan fingerprint density at radius 1 is 1.22 bits per heavy atom. The topological polar surface area (TPSA) is 66.1 Å². The zero-order chi connectivity index (χ0) is 19.2. The van der Waals surface area contributed by atoms with E-state index in [0.717, 1.165) is 61.6 Å². The Balaban J connectivity index is 1.65. The molecule has 1 N–H and O–H groups in total. The number of nitrogens with zero attached hydrogens (tertiary/aromatic N) is 4.